The molecule has 7 N–H and O–H groups in total. The van der Waals surface area contributed by atoms with Gasteiger partial charge in [-0.3, -0.25) is 39.7 Å². The number of aryl methyl sites for hydroxylation is 7. The van der Waals surface area contributed by atoms with E-state index in [1.54, 1.807) is 4.68 Å². The first-order chi connectivity index (χ1) is 55.8. The summed E-state index contributed by atoms with van der Waals surface area (Å²) in [4.78, 5) is 41.3. The number of nitrogen functional groups attached to an aromatic ring is 3. The number of carboxylic acids is 1. The number of benzene rings is 4. The fourth-order valence-electron chi connectivity index (χ4n) is 13.8. The molecule has 0 atom stereocenters. The Bertz CT molecular complexity index is 5590. The Morgan fingerprint density at radius 2 is 0.855 bits per heavy atom. The van der Waals surface area contributed by atoms with Crippen molar-refractivity contribution in [2.45, 2.75) is 225 Å². The summed E-state index contributed by atoms with van der Waals surface area (Å²) in [7, 11) is 0. The molecule has 7 aliphatic heterocycles. The molecule has 0 fully saturated rings. The Kier molecular flexibility index (Phi) is 25.9. The van der Waals surface area contributed by atoms with Crippen LogP contribution in [-0.4, -0.2) is 134 Å². The van der Waals surface area contributed by atoms with Gasteiger partial charge in [-0.25, -0.2) is 32.8 Å². The number of rotatable bonds is 18. The van der Waals surface area contributed by atoms with Crippen molar-refractivity contribution in [3.63, 3.8) is 0 Å². The predicted octanol–water partition coefficient (Wildman–Crippen LogP) is 14.9. The molecule has 0 unspecified atom stereocenters. The Morgan fingerprint density at radius 3 is 1.37 bits per heavy atom. The summed E-state index contributed by atoms with van der Waals surface area (Å²) in [5, 5.41) is 39.5. The molecule has 0 aliphatic carbocycles. The number of anilines is 3. The van der Waals surface area contributed by atoms with Gasteiger partial charge in [0, 0.05) is 41.6 Å². The third-order valence-electron chi connectivity index (χ3n) is 21.5. The summed E-state index contributed by atoms with van der Waals surface area (Å²) in [6.45, 7) is 41.7. The maximum atomic E-state index is 10.5. The van der Waals surface area contributed by atoms with E-state index >= 15 is 0 Å². The van der Waals surface area contributed by atoms with Gasteiger partial charge in [-0.05, 0) is 187 Å². The van der Waals surface area contributed by atoms with Crippen molar-refractivity contribution in [3.8, 4) is 11.5 Å². The Labute approximate surface area is 685 Å². The number of nitrogens with zero attached hydrogens (tertiary/aromatic N) is 21. The second-order valence-corrected chi connectivity index (χ2v) is 32.4. The minimum atomic E-state index is -0.802. The van der Waals surface area contributed by atoms with E-state index in [0.717, 1.165) is 189 Å². The quantitative estimate of drug-likeness (QED) is 0.0580. The molecule has 612 valence electrons. The van der Waals surface area contributed by atoms with Crippen LogP contribution in [0.4, 0.5) is 17.1 Å². The fourth-order valence-corrected chi connectivity index (χ4v) is 13.8. The second-order valence-electron chi connectivity index (χ2n) is 32.4. The average molecular weight is 1580 g/mol. The van der Waals surface area contributed by atoms with Crippen molar-refractivity contribution in [2.24, 2.45) is 34.9 Å². The summed E-state index contributed by atoms with van der Waals surface area (Å²) >= 11 is 0. The lowest BCUT2D eigenvalue weighted by atomic mass is 9.82. The van der Waals surface area contributed by atoms with Crippen molar-refractivity contribution in [1.29, 1.82) is 0 Å². The zero-order valence-electron chi connectivity index (χ0n) is 70.8. The summed E-state index contributed by atoms with van der Waals surface area (Å²) in [5.74, 6) is 7.46. The third-order valence-corrected chi connectivity index (χ3v) is 21.5. The first-order valence-corrected chi connectivity index (χ1v) is 40.1. The van der Waals surface area contributed by atoms with Crippen LogP contribution in [0.1, 0.15) is 217 Å². The maximum Gasteiger partial charge on any atom is 0.303 e. The average Bonchev–Trinajstić information content (AvgIpc) is 1.65. The first kappa shape index (κ1) is 83.9. The smallest absolute Gasteiger partial charge is 0.303 e. The molecule has 18 rings (SSSR count). The van der Waals surface area contributed by atoms with Crippen molar-refractivity contribution in [3.05, 3.63) is 235 Å². The molecule has 0 amide bonds. The van der Waals surface area contributed by atoms with Gasteiger partial charge in [0.2, 0.25) is 0 Å². The molecule has 11 aromatic rings. The highest BCUT2D eigenvalue weighted by Gasteiger charge is 2.28. The molecule has 0 bridgehead atoms. The number of aromatic nitrogens is 14. The molecule has 0 saturated carbocycles. The van der Waals surface area contributed by atoms with Gasteiger partial charge in [-0.15, -0.1) is 0 Å². The lowest BCUT2D eigenvalue weighted by molar-refractivity contribution is -0.136. The predicted molar refractivity (Wildman–Crippen MR) is 465 cm³/mol. The van der Waals surface area contributed by atoms with E-state index in [1.165, 1.54) is 33.8 Å². The number of hydrogen-bond donors (Lipinski definition) is 4. The Balaban J connectivity index is 0.000000127. The number of carbonyl (C=O) groups is 1. The number of nitrogens with two attached hydrogens (primary N) is 3. The Hall–Kier alpha value is -12.5. The molecule has 4 aromatic carbocycles. The molecular weight excluding hydrogens is 1470 g/mol. The van der Waals surface area contributed by atoms with E-state index in [1.807, 2.05) is 132 Å². The number of aliphatic carboxylic acids is 1. The van der Waals surface area contributed by atoms with Crippen LogP contribution in [0.5, 0.6) is 11.5 Å². The van der Waals surface area contributed by atoms with E-state index < -0.39 is 5.97 Å². The van der Waals surface area contributed by atoms with Crippen molar-refractivity contribution in [2.75, 3.05) is 30.4 Å². The molecule has 0 radical (unpaired) electrons. The molecule has 28 heteroatoms. The Morgan fingerprint density at radius 1 is 0.427 bits per heavy atom. The van der Waals surface area contributed by atoms with Gasteiger partial charge in [0.25, 0.3) is 0 Å². The molecule has 7 aliphatic rings. The number of carboxylic acid groups (broad SMARTS) is 1. The lowest BCUT2D eigenvalue weighted by Crippen LogP contribution is -2.20. The van der Waals surface area contributed by atoms with E-state index in [9.17, 15) is 4.79 Å². The molecule has 0 saturated heterocycles. The fraction of sp³-hybridized carbons (Fsp3) is 0.404. The third kappa shape index (κ3) is 20.4. The zero-order valence-corrected chi connectivity index (χ0v) is 70.8. The molecule has 117 heavy (non-hydrogen) atoms. The molecular formula is C89H112N24O4. The van der Waals surface area contributed by atoms with E-state index in [-0.39, 0.29) is 22.7 Å². The highest BCUT2D eigenvalue weighted by molar-refractivity contribution is 6.05. The van der Waals surface area contributed by atoms with Crippen molar-refractivity contribution < 1.29 is 19.4 Å². The van der Waals surface area contributed by atoms with Gasteiger partial charge >= 0.3 is 5.97 Å². The van der Waals surface area contributed by atoms with Gasteiger partial charge in [0.05, 0.1) is 144 Å². The second kappa shape index (κ2) is 36.1. The maximum absolute atomic E-state index is 10.5. The standard InChI is InChI=1S/C19H25N3O.C18H23N3O.C14H16N4.C12H12N4.C12H17N3O2.C7H10N4.C7H9N3/c1-5-19(3,4)15-6-8-17(9-7-15)23-11-10-18-20-13-16-12-14(2)21-22(16)18;1-5-18(3,4)14-6-8-16(9-7-14)22-12-17-19-11-15-10-13(2)20-21(15)17;1-10-8-13-9-16-14(18(13)17-10)7-4-11-2-5-12(15)6-3-11;1-8-6-9-7-14-12(16(9)15-8)10-4-2-3-5-11(10)13;1-12(2,3)9-6-8-7-13-10(15(8)14-9)4-5-11(16)17;1-4-7(8)6-3-9-5(2)11(6)10-4;1-5-3-7-4-8-6(2)10(7)9-5/h6-9,12H,5,10-11,13H2,1-4H3;6-10H,5,11-12H2,1-4H3;2-3,5-6,8H,4,7,9,15H2,1H3;2-6H,7,13H2,1H3;6H,4-5,7H2,1-3H3,(H,16,17);3,8H2,1-2H3;3H,4H2,1-2H3. The van der Waals surface area contributed by atoms with Crippen molar-refractivity contribution >= 4 is 63.9 Å². The lowest BCUT2D eigenvalue weighted by Gasteiger charge is -2.23. The summed E-state index contributed by atoms with van der Waals surface area (Å²) < 4.78 is 24.9. The summed E-state index contributed by atoms with van der Waals surface area (Å²) in [6.07, 6.45) is 5.44. The number of hydrogen-bond acceptors (Lipinski definition) is 20. The van der Waals surface area contributed by atoms with E-state index in [0.29, 0.717) is 45.8 Å². The van der Waals surface area contributed by atoms with Crippen LogP contribution in [-0.2, 0) is 73.3 Å². The molecule has 7 aromatic heterocycles. The highest BCUT2D eigenvalue weighted by atomic mass is 16.5. The van der Waals surface area contributed by atoms with Crippen LogP contribution in [0.15, 0.2) is 168 Å². The van der Waals surface area contributed by atoms with E-state index in [4.69, 9.17) is 31.8 Å². The number of aliphatic imine (C=N–C) groups is 7. The minimum absolute atomic E-state index is 0.00917. The van der Waals surface area contributed by atoms with Crippen LogP contribution >= 0.6 is 0 Å². The summed E-state index contributed by atoms with van der Waals surface area (Å²) in [5.41, 5.74) is 40.1. The van der Waals surface area contributed by atoms with Gasteiger partial charge in [-0.1, -0.05) is 111 Å². The molecule has 28 nitrogen and oxygen atoms in total. The topological polar surface area (TPSA) is 345 Å². The van der Waals surface area contributed by atoms with Gasteiger partial charge < -0.3 is 31.8 Å². The van der Waals surface area contributed by atoms with Gasteiger partial charge in [0.15, 0.2) is 11.7 Å². The van der Waals surface area contributed by atoms with Crippen molar-refractivity contribution in [1.82, 2.24) is 68.5 Å². The number of fused-ring (bicyclic) bond motifs is 7. The number of para-hydroxylation sites is 1. The van der Waals surface area contributed by atoms with Gasteiger partial charge in [0.1, 0.15) is 47.3 Å². The van der Waals surface area contributed by atoms with Crippen LogP contribution in [0.25, 0.3) is 0 Å². The van der Waals surface area contributed by atoms with Crippen LogP contribution in [0.2, 0.25) is 0 Å². The SMILES string of the molecule is CC(C)(C)c1cc2n(n1)C(CCC(=O)O)=NC2.CC1=NCc2c(N)c(C)nn21.CC1=NCc2cc(C)nn21.CCC(C)(C)c1ccc(OCC2=NCc3cc(C)nn32)cc1.CCC(C)(C)c1ccc(OCCC2=NCc3cc(C)nn32)cc1.Cc1cc2n(n1)C(CCc1ccc(N)cc1)=NC2.Cc1cc2n(n1)C(c1ccccc1N)=NC2. The van der Waals surface area contributed by atoms with Crippen LogP contribution in [0.3, 0.4) is 0 Å². The molecule has 0 spiro atoms. The highest BCUT2D eigenvalue weighted by Crippen LogP contribution is 2.32. The first-order valence-electron chi connectivity index (χ1n) is 40.1. The molecule has 14 heterocycles. The number of ether oxygens (including phenoxy) is 2. The van der Waals surface area contributed by atoms with Crippen LogP contribution in [0, 0.1) is 41.5 Å². The largest absolute Gasteiger partial charge is 0.493 e. The summed E-state index contributed by atoms with van der Waals surface area (Å²) in [6, 6.07) is 45.0. The van der Waals surface area contributed by atoms with Crippen LogP contribution < -0.4 is 26.7 Å². The van der Waals surface area contributed by atoms with Gasteiger partial charge in [-0.2, -0.15) is 35.7 Å². The normalized spacial score (nSPS) is 14.1. The minimum Gasteiger partial charge on any atom is -0.493 e. The monoisotopic (exact) mass is 1580 g/mol. The zero-order chi connectivity index (χ0) is 83.6. The van der Waals surface area contributed by atoms with E-state index in [2.05, 4.69) is 218 Å².